The van der Waals surface area contributed by atoms with Crippen molar-refractivity contribution in [3.05, 3.63) is 71.4 Å². The van der Waals surface area contributed by atoms with Crippen molar-refractivity contribution in [2.24, 2.45) is 5.16 Å². The number of fused-ring (bicyclic) bond motifs is 1. The molecule has 1 heterocycles. The van der Waals surface area contributed by atoms with Crippen molar-refractivity contribution < 1.29 is 4.84 Å². The second kappa shape index (κ2) is 6.80. The van der Waals surface area contributed by atoms with Gasteiger partial charge in [0.25, 0.3) is 0 Å². The van der Waals surface area contributed by atoms with Gasteiger partial charge in [-0.15, -0.1) is 0 Å². The van der Waals surface area contributed by atoms with E-state index >= 15 is 0 Å². The van der Waals surface area contributed by atoms with Crippen molar-refractivity contribution >= 4 is 17.1 Å². The van der Waals surface area contributed by atoms with E-state index in [2.05, 4.69) is 41.0 Å². The fourth-order valence-electron chi connectivity index (χ4n) is 2.60. The number of oxime groups is 1. The number of hydrogen-bond acceptors (Lipinski definition) is 3. The Labute approximate surface area is 135 Å². The van der Waals surface area contributed by atoms with Crippen LogP contribution in [0.2, 0.25) is 0 Å². The van der Waals surface area contributed by atoms with E-state index in [-0.39, 0.29) is 6.61 Å². The van der Waals surface area contributed by atoms with Gasteiger partial charge in [0.15, 0.2) is 0 Å². The molecule has 114 valence electrons. The Bertz CT molecular complexity index is 887. The Kier molecular flexibility index (Phi) is 4.39. The van der Waals surface area contributed by atoms with Gasteiger partial charge in [0.1, 0.15) is 6.61 Å². The maximum Gasteiger partial charge on any atom is 0.143 e. The van der Waals surface area contributed by atoms with Gasteiger partial charge in [-0.25, -0.2) is 0 Å². The highest BCUT2D eigenvalue weighted by Crippen LogP contribution is 2.20. The first-order valence-electron chi connectivity index (χ1n) is 7.54. The van der Waals surface area contributed by atoms with Crippen LogP contribution in [0.3, 0.4) is 0 Å². The largest absolute Gasteiger partial charge is 0.391 e. The average Bonchev–Trinajstić information content (AvgIpc) is 2.97. The molecule has 0 aliphatic carbocycles. The Morgan fingerprint density at radius 1 is 1.17 bits per heavy atom. The van der Waals surface area contributed by atoms with Crippen LogP contribution in [0.5, 0.6) is 0 Å². The van der Waals surface area contributed by atoms with Crippen LogP contribution in [0.25, 0.3) is 10.9 Å². The molecule has 0 unspecified atom stereocenters. The van der Waals surface area contributed by atoms with Crippen LogP contribution in [-0.4, -0.2) is 10.8 Å². The molecule has 0 aliphatic heterocycles. The lowest BCUT2D eigenvalue weighted by atomic mass is 10.1. The van der Waals surface area contributed by atoms with Crippen molar-refractivity contribution in [3.8, 4) is 6.07 Å². The van der Waals surface area contributed by atoms with Crippen molar-refractivity contribution in [2.45, 2.75) is 20.1 Å². The molecule has 23 heavy (non-hydrogen) atoms. The van der Waals surface area contributed by atoms with Crippen molar-refractivity contribution in [1.82, 2.24) is 4.57 Å². The first-order chi connectivity index (χ1) is 11.3. The zero-order chi connectivity index (χ0) is 16.1. The molecule has 1 aromatic heterocycles. The maximum atomic E-state index is 9.05. The Morgan fingerprint density at radius 3 is 2.78 bits per heavy atom. The molecule has 0 spiro atoms. The normalized spacial score (nSPS) is 11.0. The summed E-state index contributed by atoms with van der Waals surface area (Å²) in [6.07, 6.45) is 3.80. The summed E-state index contributed by atoms with van der Waals surface area (Å²) in [6.45, 7) is 3.31. The first kappa shape index (κ1) is 14.9. The van der Waals surface area contributed by atoms with Gasteiger partial charge in [-0.1, -0.05) is 41.6 Å². The lowest BCUT2D eigenvalue weighted by Gasteiger charge is -2.01. The number of aryl methyl sites for hydroxylation is 1. The monoisotopic (exact) mass is 303 g/mol. The third-order valence-corrected chi connectivity index (χ3v) is 3.78. The van der Waals surface area contributed by atoms with Crippen LogP contribution in [0.15, 0.2) is 59.9 Å². The minimum Gasteiger partial charge on any atom is -0.391 e. The van der Waals surface area contributed by atoms with Crippen LogP contribution < -0.4 is 0 Å². The number of rotatable bonds is 5. The van der Waals surface area contributed by atoms with Gasteiger partial charge in [0.05, 0.1) is 17.8 Å². The van der Waals surface area contributed by atoms with E-state index in [0.29, 0.717) is 5.56 Å². The summed E-state index contributed by atoms with van der Waals surface area (Å²) in [4.78, 5) is 5.37. The van der Waals surface area contributed by atoms with E-state index in [9.17, 15) is 0 Å². The minimum absolute atomic E-state index is 0.284. The molecule has 0 saturated heterocycles. The predicted octanol–water partition coefficient (Wildman–Crippen LogP) is 4.08. The molecule has 0 N–H and O–H groups in total. The average molecular weight is 303 g/mol. The molecule has 0 bridgehead atoms. The molecule has 3 aromatic rings. The lowest BCUT2D eigenvalue weighted by Crippen LogP contribution is -1.92. The molecule has 0 aliphatic rings. The van der Waals surface area contributed by atoms with Gasteiger partial charge in [0, 0.05) is 34.8 Å². The van der Waals surface area contributed by atoms with Crippen LogP contribution in [0.4, 0.5) is 0 Å². The van der Waals surface area contributed by atoms with E-state index in [1.165, 1.54) is 5.52 Å². The highest BCUT2D eigenvalue weighted by Gasteiger charge is 2.05. The number of nitrogens with zero attached hydrogens (tertiary/aromatic N) is 3. The predicted molar refractivity (Wildman–Crippen MR) is 91.2 cm³/mol. The zero-order valence-corrected chi connectivity index (χ0v) is 12.9. The van der Waals surface area contributed by atoms with Gasteiger partial charge in [-0.2, -0.15) is 5.26 Å². The first-order valence-corrected chi connectivity index (χ1v) is 7.54. The van der Waals surface area contributed by atoms with E-state index in [1.54, 1.807) is 12.3 Å². The minimum atomic E-state index is 0.284. The highest BCUT2D eigenvalue weighted by atomic mass is 16.6. The molecular weight excluding hydrogens is 286 g/mol. The van der Waals surface area contributed by atoms with Crippen LogP contribution >= 0.6 is 0 Å². The third kappa shape index (κ3) is 3.09. The van der Waals surface area contributed by atoms with Crippen molar-refractivity contribution in [3.63, 3.8) is 0 Å². The van der Waals surface area contributed by atoms with Gasteiger partial charge in [0.2, 0.25) is 0 Å². The summed E-state index contributed by atoms with van der Waals surface area (Å²) in [6, 6.07) is 17.8. The van der Waals surface area contributed by atoms with Gasteiger partial charge in [-0.3, -0.25) is 0 Å². The van der Waals surface area contributed by atoms with Crippen molar-refractivity contribution in [1.29, 1.82) is 5.26 Å². The molecule has 0 atom stereocenters. The third-order valence-electron chi connectivity index (χ3n) is 3.78. The number of para-hydroxylation sites is 1. The second-order valence-corrected chi connectivity index (χ2v) is 5.16. The van der Waals surface area contributed by atoms with Crippen LogP contribution in [-0.2, 0) is 18.0 Å². The molecule has 0 amide bonds. The van der Waals surface area contributed by atoms with E-state index in [0.717, 1.165) is 23.1 Å². The van der Waals surface area contributed by atoms with Crippen molar-refractivity contribution in [2.75, 3.05) is 0 Å². The summed E-state index contributed by atoms with van der Waals surface area (Å²) in [5.74, 6) is 0. The Balaban J connectivity index is 1.75. The maximum absolute atomic E-state index is 9.05. The highest BCUT2D eigenvalue weighted by molar-refractivity contribution is 5.99. The van der Waals surface area contributed by atoms with Gasteiger partial charge in [-0.05, 0) is 19.1 Å². The Hall–Kier alpha value is -3.06. The Morgan fingerprint density at radius 2 is 1.96 bits per heavy atom. The number of benzene rings is 2. The fraction of sp³-hybridized carbons (Fsp3) is 0.158. The van der Waals surface area contributed by atoms with E-state index in [4.69, 9.17) is 10.1 Å². The lowest BCUT2D eigenvalue weighted by molar-refractivity contribution is 0.132. The topological polar surface area (TPSA) is 50.3 Å². The quantitative estimate of drug-likeness (QED) is 0.526. The fourth-order valence-corrected chi connectivity index (χ4v) is 2.60. The SMILES string of the molecule is CCn1cc(/C=N\OCc2ccccc2C#N)c2ccccc21. The van der Waals surface area contributed by atoms with Crippen LogP contribution in [0.1, 0.15) is 23.6 Å². The number of nitriles is 1. The van der Waals surface area contributed by atoms with E-state index in [1.807, 2.05) is 30.3 Å². The summed E-state index contributed by atoms with van der Waals surface area (Å²) in [5, 5.41) is 14.3. The smallest absolute Gasteiger partial charge is 0.143 e. The summed E-state index contributed by atoms with van der Waals surface area (Å²) in [5.41, 5.74) is 3.66. The van der Waals surface area contributed by atoms with Gasteiger partial charge < -0.3 is 9.40 Å². The second-order valence-electron chi connectivity index (χ2n) is 5.16. The number of hydrogen-bond donors (Lipinski definition) is 0. The standard InChI is InChI=1S/C19H17N3O/c1-2-22-13-17(18-9-5-6-10-19(18)22)12-21-23-14-16-8-4-3-7-15(16)11-20/h3-10,12-13H,2,14H2,1H3/b21-12-. The van der Waals surface area contributed by atoms with E-state index < -0.39 is 0 Å². The summed E-state index contributed by atoms with van der Waals surface area (Å²) >= 11 is 0. The zero-order valence-electron chi connectivity index (χ0n) is 12.9. The van der Waals surface area contributed by atoms with Crippen LogP contribution in [0, 0.1) is 11.3 Å². The molecular formula is C19H17N3O. The molecule has 4 nitrogen and oxygen atoms in total. The van der Waals surface area contributed by atoms with Gasteiger partial charge >= 0.3 is 0 Å². The summed E-state index contributed by atoms with van der Waals surface area (Å²) < 4.78 is 2.18. The number of aromatic nitrogens is 1. The molecule has 0 radical (unpaired) electrons. The molecule has 0 fully saturated rings. The summed E-state index contributed by atoms with van der Waals surface area (Å²) in [7, 11) is 0. The molecule has 2 aromatic carbocycles. The molecule has 0 saturated carbocycles. The molecule has 4 heteroatoms. The molecule has 3 rings (SSSR count).